The fourth-order valence-electron chi connectivity index (χ4n) is 1.11. The molecule has 1 rings (SSSR count). The van der Waals surface area contributed by atoms with Gasteiger partial charge in [-0.15, -0.1) is 0 Å². The molecular weight excluding hydrogens is 200 g/mol. The topological polar surface area (TPSA) is 39.4 Å². The van der Waals surface area contributed by atoms with Crippen LogP contribution in [0.1, 0.15) is 30.8 Å². The lowest BCUT2D eigenvalue weighted by Crippen LogP contribution is -2.04. The number of furan rings is 1. The standard InChI is InChI=1S/C10H14O3S/c1-2-12-10(11)6-5-9(14)8-4-3-7-13-8/h3-4,7,9,14H,2,5-6H2,1H3. The highest BCUT2D eigenvalue weighted by molar-refractivity contribution is 7.80. The monoisotopic (exact) mass is 214 g/mol. The molecule has 0 bridgehead atoms. The summed E-state index contributed by atoms with van der Waals surface area (Å²) in [6.45, 7) is 2.22. The van der Waals surface area contributed by atoms with Gasteiger partial charge in [0.15, 0.2) is 0 Å². The van der Waals surface area contributed by atoms with E-state index >= 15 is 0 Å². The fraction of sp³-hybridized carbons (Fsp3) is 0.500. The van der Waals surface area contributed by atoms with Gasteiger partial charge in [0.2, 0.25) is 0 Å². The largest absolute Gasteiger partial charge is 0.468 e. The molecular formula is C10H14O3S. The van der Waals surface area contributed by atoms with Crippen molar-refractivity contribution in [1.29, 1.82) is 0 Å². The van der Waals surface area contributed by atoms with Gasteiger partial charge < -0.3 is 9.15 Å². The highest BCUT2D eigenvalue weighted by Gasteiger charge is 2.11. The van der Waals surface area contributed by atoms with Crippen molar-refractivity contribution in [2.75, 3.05) is 6.61 Å². The van der Waals surface area contributed by atoms with E-state index in [1.807, 2.05) is 12.1 Å². The zero-order valence-electron chi connectivity index (χ0n) is 8.10. The van der Waals surface area contributed by atoms with Crippen LogP contribution in [-0.2, 0) is 9.53 Å². The highest BCUT2D eigenvalue weighted by Crippen LogP contribution is 2.25. The Hall–Kier alpha value is -0.900. The third kappa shape index (κ3) is 3.46. The van der Waals surface area contributed by atoms with Gasteiger partial charge in [0, 0.05) is 6.42 Å². The van der Waals surface area contributed by atoms with Crippen LogP contribution in [0.2, 0.25) is 0 Å². The molecule has 0 aliphatic carbocycles. The van der Waals surface area contributed by atoms with Crippen LogP contribution >= 0.6 is 12.6 Å². The SMILES string of the molecule is CCOC(=O)CCC(S)c1ccco1. The lowest BCUT2D eigenvalue weighted by molar-refractivity contribution is -0.143. The summed E-state index contributed by atoms with van der Waals surface area (Å²) in [6, 6.07) is 3.66. The van der Waals surface area contributed by atoms with Crippen molar-refractivity contribution in [3.63, 3.8) is 0 Å². The van der Waals surface area contributed by atoms with E-state index in [-0.39, 0.29) is 11.2 Å². The average Bonchev–Trinajstić information content (AvgIpc) is 2.67. The summed E-state index contributed by atoms with van der Waals surface area (Å²) in [5.41, 5.74) is 0. The van der Waals surface area contributed by atoms with Crippen molar-refractivity contribution in [1.82, 2.24) is 0 Å². The number of hydrogen-bond acceptors (Lipinski definition) is 4. The number of rotatable bonds is 5. The summed E-state index contributed by atoms with van der Waals surface area (Å²) in [4.78, 5) is 11.0. The van der Waals surface area contributed by atoms with Crippen molar-refractivity contribution in [2.24, 2.45) is 0 Å². The van der Waals surface area contributed by atoms with Gasteiger partial charge in [0.25, 0.3) is 0 Å². The van der Waals surface area contributed by atoms with Crippen molar-refractivity contribution >= 4 is 18.6 Å². The second-order valence-electron chi connectivity index (χ2n) is 2.87. The maximum atomic E-state index is 11.0. The van der Waals surface area contributed by atoms with Gasteiger partial charge in [-0.25, -0.2) is 0 Å². The van der Waals surface area contributed by atoms with Crippen LogP contribution in [0.3, 0.4) is 0 Å². The first kappa shape index (κ1) is 11.2. The molecule has 1 unspecified atom stereocenters. The first-order valence-corrected chi connectivity index (χ1v) is 5.12. The number of esters is 1. The van der Waals surface area contributed by atoms with Gasteiger partial charge in [0.1, 0.15) is 5.76 Å². The molecule has 3 nitrogen and oxygen atoms in total. The maximum Gasteiger partial charge on any atom is 0.305 e. The molecule has 0 spiro atoms. The fourth-order valence-corrected chi connectivity index (χ4v) is 1.39. The van der Waals surface area contributed by atoms with Gasteiger partial charge >= 0.3 is 5.97 Å². The minimum atomic E-state index is -0.182. The second kappa shape index (κ2) is 5.75. The average molecular weight is 214 g/mol. The van der Waals surface area contributed by atoms with Crippen molar-refractivity contribution in [3.8, 4) is 0 Å². The molecule has 0 N–H and O–H groups in total. The molecule has 0 aliphatic heterocycles. The van der Waals surface area contributed by atoms with Crippen LogP contribution < -0.4 is 0 Å². The number of carbonyl (C=O) groups is 1. The summed E-state index contributed by atoms with van der Waals surface area (Å²) in [6.07, 6.45) is 2.61. The molecule has 1 aromatic rings. The normalized spacial score (nSPS) is 12.4. The van der Waals surface area contributed by atoms with Crippen LogP contribution in [0, 0.1) is 0 Å². The minimum absolute atomic E-state index is 0.0330. The number of hydrogen-bond donors (Lipinski definition) is 1. The summed E-state index contributed by atoms with van der Waals surface area (Å²) < 4.78 is 9.97. The third-order valence-corrected chi connectivity index (χ3v) is 2.31. The van der Waals surface area contributed by atoms with Gasteiger partial charge in [0.05, 0.1) is 18.1 Å². The number of thiol groups is 1. The lowest BCUT2D eigenvalue weighted by atomic mass is 10.2. The summed E-state index contributed by atoms with van der Waals surface area (Å²) in [5.74, 6) is 0.607. The Morgan fingerprint density at radius 1 is 1.71 bits per heavy atom. The molecule has 0 saturated carbocycles. The molecule has 0 amide bonds. The summed E-state index contributed by atoms with van der Waals surface area (Å²) in [5, 5.41) is -0.0330. The Balaban J connectivity index is 2.28. The maximum absolute atomic E-state index is 11.0. The molecule has 1 atom stereocenters. The predicted molar refractivity (Wildman–Crippen MR) is 56.3 cm³/mol. The van der Waals surface area contributed by atoms with E-state index in [2.05, 4.69) is 12.6 Å². The Morgan fingerprint density at radius 3 is 3.07 bits per heavy atom. The zero-order chi connectivity index (χ0) is 10.4. The molecule has 0 fully saturated rings. The highest BCUT2D eigenvalue weighted by atomic mass is 32.1. The molecule has 14 heavy (non-hydrogen) atoms. The van der Waals surface area contributed by atoms with Gasteiger partial charge in [-0.1, -0.05) is 0 Å². The van der Waals surface area contributed by atoms with Crippen LogP contribution in [0.4, 0.5) is 0 Å². The van der Waals surface area contributed by atoms with Crippen molar-refractivity contribution in [3.05, 3.63) is 24.2 Å². The van der Waals surface area contributed by atoms with Gasteiger partial charge in [-0.2, -0.15) is 12.6 Å². The van der Waals surface area contributed by atoms with E-state index in [1.165, 1.54) is 0 Å². The van der Waals surface area contributed by atoms with E-state index in [9.17, 15) is 4.79 Å². The van der Waals surface area contributed by atoms with E-state index in [0.29, 0.717) is 19.4 Å². The number of carbonyl (C=O) groups excluding carboxylic acids is 1. The Morgan fingerprint density at radius 2 is 2.50 bits per heavy atom. The second-order valence-corrected chi connectivity index (χ2v) is 3.50. The van der Waals surface area contributed by atoms with E-state index < -0.39 is 0 Å². The molecule has 0 saturated heterocycles. The quantitative estimate of drug-likeness (QED) is 0.605. The van der Waals surface area contributed by atoms with Crippen molar-refractivity contribution < 1.29 is 13.9 Å². The number of ether oxygens (including phenoxy) is 1. The van der Waals surface area contributed by atoms with Crippen LogP contribution in [0.25, 0.3) is 0 Å². The van der Waals surface area contributed by atoms with Crippen LogP contribution in [-0.4, -0.2) is 12.6 Å². The third-order valence-electron chi connectivity index (χ3n) is 1.80. The minimum Gasteiger partial charge on any atom is -0.468 e. The molecule has 0 aromatic carbocycles. The summed E-state index contributed by atoms with van der Waals surface area (Å²) in [7, 11) is 0. The predicted octanol–water partition coefficient (Wildman–Crippen LogP) is 2.59. The molecule has 1 aromatic heterocycles. The van der Waals surface area contributed by atoms with Crippen molar-refractivity contribution in [2.45, 2.75) is 25.0 Å². The molecule has 78 valence electrons. The molecule has 4 heteroatoms. The van der Waals surface area contributed by atoms with E-state index in [0.717, 1.165) is 5.76 Å². The lowest BCUT2D eigenvalue weighted by Gasteiger charge is -2.06. The first-order chi connectivity index (χ1) is 6.74. The molecule has 0 aliphatic rings. The Labute approximate surface area is 88.8 Å². The summed E-state index contributed by atoms with van der Waals surface area (Å²) >= 11 is 4.33. The molecule has 1 heterocycles. The zero-order valence-corrected chi connectivity index (χ0v) is 9.00. The smallest absolute Gasteiger partial charge is 0.305 e. The van der Waals surface area contributed by atoms with E-state index in [1.54, 1.807) is 13.2 Å². The van der Waals surface area contributed by atoms with Crippen LogP contribution in [0.15, 0.2) is 22.8 Å². The van der Waals surface area contributed by atoms with Crippen LogP contribution in [0.5, 0.6) is 0 Å². The molecule has 0 radical (unpaired) electrons. The first-order valence-electron chi connectivity index (χ1n) is 4.61. The van der Waals surface area contributed by atoms with Gasteiger partial charge in [-0.3, -0.25) is 4.79 Å². The van der Waals surface area contributed by atoms with E-state index in [4.69, 9.17) is 9.15 Å². The Kier molecular flexibility index (Phi) is 4.59. The van der Waals surface area contributed by atoms with Gasteiger partial charge in [-0.05, 0) is 25.5 Å². The Bertz CT molecular complexity index is 269.